The highest BCUT2D eigenvalue weighted by Crippen LogP contribution is 2.22. The van der Waals surface area contributed by atoms with Gasteiger partial charge in [0.05, 0.1) is 6.42 Å². The van der Waals surface area contributed by atoms with Crippen LogP contribution in [-0.2, 0) is 6.42 Å². The van der Waals surface area contributed by atoms with E-state index in [1.807, 2.05) is 0 Å². The van der Waals surface area contributed by atoms with Gasteiger partial charge < -0.3 is 11.1 Å². The van der Waals surface area contributed by atoms with Gasteiger partial charge in [0.1, 0.15) is 0 Å². The summed E-state index contributed by atoms with van der Waals surface area (Å²) < 4.78 is 35.9. The molecule has 1 rings (SSSR count). The third-order valence-corrected chi connectivity index (χ3v) is 1.63. The lowest BCUT2D eigenvalue weighted by Gasteiger charge is -2.07. The largest absolute Gasteiger partial charge is 0.393 e. The number of rotatable bonds is 2. The van der Waals surface area contributed by atoms with Crippen molar-refractivity contribution in [2.45, 2.75) is 12.6 Å². The van der Waals surface area contributed by atoms with Gasteiger partial charge in [-0.2, -0.15) is 13.2 Å². The van der Waals surface area contributed by atoms with Crippen molar-refractivity contribution < 1.29 is 18.0 Å². The van der Waals surface area contributed by atoms with Crippen LogP contribution in [0.4, 0.5) is 23.7 Å². The molecular formula is C9H9F3N2O. The highest BCUT2D eigenvalue weighted by molar-refractivity contribution is 5.87. The molecule has 1 aromatic carbocycles. The number of amides is 2. The van der Waals surface area contributed by atoms with E-state index in [0.29, 0.717) is 5.69 Å². The average molecular weight is 218 g/mol. The van der Waals surface area contributed by atoms with E-state index in [2.05, 4.69) is 5.32 Å². The fourth-order valence-electron chi connectivity index (χ4n) is 1.08. The van der Waals surface area contributed by atoms with Crippen LogP contribution in [0.2, 0.25) is 0 Å². The molecule has 0 heterocycles. The van der Waals surface area contributed by atoms with E-state index in [-0.39, 0.29) is 5.56 Å². The van der Waals surface area contributed by atoms with Gasteiger partial charge in [0.15, 0.2) is 0 Å². The van der Waals surface area contributed by atoms with Gasteiger partial charge in [0.2, 0.25) is 0 Å². The van der Waals surface area contributed by atoms with Crippen molar-refractivity contribution in [3.63, 3.8) is 0 Å². The molecule has 3 nitrogen and oxygen atoms in total. The van der Waals surface area contributed by atoms with Gasteiger partial charge in [-0.05, 0) is 17.7 Å². The zero-order chi connectivity index (χ0) is 11.5. The van der Waals surface area contributed by atoms with E-state index >= 15 is 0 Å². The van der Waals surface area contributed by atoms with Gasteiger partial charge in [-0.3, -0.25) is 0 Å². The van der Waals surface area contributed by atoms with Crippen LogP contribution in [0.15, 0.2) is 24.3 Å². The Balaban J connectivity index is 2.68. The van der Waals surface area contributed by atoms with Gasteiger partial charge in [-0.1, -0.05) is 12.1 Å². The number of halogens is 3. The Labute approximate surface area is 84.1 Å². The van der Waals surface area contributed by atoms with Crippen LogP contribution in [0.5, 0.6) is 0 Å². The molecule has 1 aromatic rings. The molecule has 0 fully saturated rings. The zero-order valence-electron chi connectivity index (χ0n) is 7.64. The second-order valence-corrected chi connectivity index (χ2v) is 2.98. The summed E-state index contributed by atoms with van der Waals surface area (Å²) in [7, 11) is 0. The SMILES string of the molecule is NC(=O)Nc1ccc(CC(F)(F)F)cc1. The molecule has 2 amide bonds. The topological polar surface area (TPSA) is 55.1 Å². The highest BCUT2D eigenvalue weighted by atomic mass is 19.4. The predicted molar refractivity (Wildman–Crippen MR) is 49.4 cm³/mol. The Bertz CT molecular complexity index is 345. The molecule has 0 saturated heterocycles. The van der Waals surface area contributed by atoms with E-state index in [1.165, 1.54) is 24.3 Å². The fraction of sp³-hybridized carbons (Fsp3) is 0.222. The molecular weight excluding hydrogens is 209 g/mol. The summed E-state index contributed by atoms with van der Waals surface area (Å²) in [5, 5.41) is 2.25. The number of carbonyl (C=O) groups is 1. The molecule has 0 atom stereocenters. The molecule has 3 N–H and O–H groups in total. The maximum Gasteiger partial charge on any atom is 0.393 e. The molecule has 0 bridgehead atoms. The Hall–Kier alpha value is -1.72. The lowest BCUT2D eigenvalue weighted by atomic mass is 10.1. The Morgan fingerprint density at radius 1 is 1.27 bits per heavy atom. The minimum Gasteiger partial charge on any atom is -0.351 e. The lowest BCUT2D eigenvalue weighted by molar-refractivity contribution is -0.127. The van der Waals surface area contributed by atoms with Crippen LogP contribution < -0.4 is 11.1 Å². The van der Waals surface area contributed by atoms with Crippen LogP contribution in [-0.4, -0.2) is 12.2 Å². The van der Waals surface area contributed by atoms with Crippen LogP contribution in [0.25, 0.3) is 0 Å². The Morgan fingerprint density at radius 2 is 1.80 bits per heavy atom. The lowest BCUT2D eigenvalue weighted by Crippen LogP contribution is -2.19. The number of benzene rings is 1. The van der Waals surface area contributed by atoms with Gasteiger partial charge in [0, 0.05) is 5.69 Å². The molecule has 6 heteroatoms. The fourth-order valence-corrected chi connectivity index (χ4v) is 1.08. The van der Waals surface area contributed by atoms with Crippen molar-refractivity contribution in [3.8, 4) is 0 Å². The summed E-state index contributed by atoms with van der Waals surface area (Å²) in [5.74, 6) is 0. The van der Waals surface area contributed by atoms with Crippen LogP contribution >= 0.6 is 0 Å². The summed E-state index contributed by atoms with van der Waals surface area (Å²) in [6.45, 7) is 0. The second kappa shape index (κ2) is 4.20. The van der Waals surface area contributed by atoms with Gasteiger partial charge >= 0.3 is 12.2 Å². The number of anilines is 1. The van der Waals surface area contributed by atoms with Crippen LogP contribution in [0.1, 0.15) is 5.56 Å². The van der Waals surface area contributed by atoms with Crippen molar-refractivity contribution in [1.82, 2.24) is 0 Å². The maximum absolute atomic E-state index is 12.0. The van der Waals surface area contributed by atoms with E-state index in [0.717, 1.165) is 0 Å². The van der Waals surface area contributed by atoms with Crippen LogP contribution in [0, 0.1) is 0 Å². The quantitative estimate of drug-likeness (QED) is 0.786. The third kappa shape index (κ3) is 4.35. The van der Waals surface area contributed by atoms with Gasteiger partial charge in [0.25, 0.3) is 0 Å². The Kier molecular flexibility index (Phi) is 3.18. The van der Waals surface area contributed by atoms with E-state index in [9.17, 15) is 18.0 Å². The predicted octanol–water partition coefficient (Wildman–Crippen LogP) is 2.28. The van der Waals surface area contributed by atoms with E-state index in [1.54, 1.807) is 0 Å². The standard InChI is InChI=1S/C9H9F3N2O/c10-9(11,12)5-6-1-3-7(4-2-6)14-8(13)15/h1-4H,5H2,(H3,13,14,15). The van der Waals surface area contributed by atoms with Crippen LogP contribution in [0.3, 0.4) is 0 Å². The van der Waals surface area contributed by atoms with Gasteiger partial charge in [-0.15, -0.1) is 0 Å². The number of urea groups is 1. The maximum atomic E-state index is 12.0. The second-order valence-electron chi connectivity index (χ2n) is 2.98. The first-order valence-electron chi connectivity index (χ1n) is 4.09. The normalized spacial score (nSPS) is 11.1. The van der Waals surface area contributed by atoms with Crippen molar-refractivity contribution in [1.29, 1.82) is 0 Å². The molecule has 0 unspecified atom stereocenters. The number of primary amides is 1. The number of nitrogens with two attached hydrogens (primary N) is 1. The molecule has 0 aliphatic heterocycles. The third-order valence-electron chi connectivity index (χ3n) is 1.63. The van der Waals surface area contributed by atoms with Crippen molar-refractivity contribution in [2.75, 3.05) is 5.32 Å². The number of alkyl halides is 3. The highest BCUT2D eigenvalue weighted by Gasteiger charge is 2.27. The summed E-state index contributed by atoms with van der Waals surface area (Å²) in [4.78, 5) is 10.4. The first kappa shape index (κ1) is 11.4. The zero-order valence-corrected chi connectivity index (χ0v) is 7.64. The number of hydrogen-bond acceptors (Lipinski definition) is 1. The molecule has 0 aliphatic carbocycles. The number of hydrogen-bond donors (Lipinski definition) is 2. The molecule has 0 aliphatic rings. The molecule has 0 radical (unpaired) electrons. The average Bonchev–Trinajstić information content (AvgIpc) is 2.05. The van der Waals surface area contributed by atoms with Crippen molar-refractivity contribution in [3.05, 3.63) is 29.8 Å². The molecule has 0 aromatic heterocycles. The van der Waals surface area contributed by atoms with E-state index in [4.69, 9.17) is 5.73 Å². The number of nitrogens with one attached hydrogen (secondary N) is 1. The summed E-state index contributed by atoms with van der Waals surface area (Å²) in [5.41, 5.74) is 5.34. The number of carbonyl (C=O) groups excluding carboxylic acids is 1. The minimum absolute atomic E-state index is 0.137. The first-order chi connectivity index (χ1) is 6.87. The molecule has 0 spiro atoms. The first-order valence-corrected chi connectivity index (χ1v) is 4.09. The smallest absolute Gasteiger partial charge is 0.351 e. The summed E-state index contributed by atoms with van der Waals surface area (Å²) in [6, 6.07) is 4.56. The minimum atomic E-state index is -4.22. The Morgan fingerprint density at radius 3 is 2.20 bits per heavy atom. The summed E-state index contributed by atoms with van der Waals surface area (Å²) >= 11 is 0. The monoisotopic (exact) mass is 218 g/mol. The molecule has 15 heavy (non-hydrogen) atoms. The molecule has 0 saturated carbocycles. The van der Waals surface area contributed by atoms with Gasteiger partial charge in [-0.25, -0.2) is 4.79 Å². The van der Waals surface area contributed by atoms with Crippen molar-refractivity contribution in [2.24, 2.45) is 5.73 Å². The van der Waals surface area contributed by atoms with Crippen molar-refractivity contribution >= 4 is 11.7 Å². The molecule has 82 valence electrons. The van der Waals surface area contributed by atoms with E-state index < -0.39 is 18.6 Å². The summed E-state index contributed by atoms with van der Waals surface area (Å²) in [6.07, 6.45) is -5.21.